The van der Waals surface area contributed by atoms with E-state index in [1.165, 1.54) is 46.4 Å². The van der Waals surface area contributed by atoms with E-state index in [1.54, 1.807) is 0 Å². The number of hydrogen-bond acceptors (Lipinski definition) is 0. The van der Waals surface area contributed by atoms with Gasteiger partial charge >= 0.3 is 0 Å². The van der Waals surface area contributed by atoms with Crippen LogP contribution in [0.25, 0.3) is 21.5 Å². The van der Waals surface area contributed by atoms with Gasteiger partial charge in [0.1, 0.15) is 0 Å². The SMILES string of the molecule is CCCCc1ccc2cc3ccc[c]c3cc2c1. The summed E-state index contributed by atoms with van der Waals surface area (Å²) in [5.74, 6) is 0. The maximum atomic E-state index is 3.31. The molecule has 18 heavy (non-hydrogen) atoms. The maximum Gasteiger partial charge on any atom is -0.00988 e. The number of rotatable bonds is 3. The Hall–Kier alpha value is -1.82. The maximum absolute atomic E-state index is 3.31. The van der Waals surface area contributed by atoms with E-state index in [1.807, 2.05) is 12.1 Å². The molecule has 0 nitrogen and oxygen atoms in total. The lowest BCUT2D eigenvalue weighted by atomic mass is 10.00. The van der Waals surface area contributed by atoms with Gasteiger partial charge < -0.3 is 0 Å². The lowest BCUT2D eigenvalue weighted by Gasteiger charge is -2.05. The Balaban J connectivity index is 2.12. The van der Waals surface area contributed by atoms with E-state index in [2.05, 4.69) is 49.4 Å². The van der Waals surface area contributed by atoms with Gasteiger partial charge in [0.25, 0.3) is 0 Å². The third-order valence-corrected chi connectivity index (χ3v) is 3.50. The topological polar surface area (TPSA) is 0 Å². The van der Waals surface area contributed by atoms with Crippen LogP contribution in [0.3, 0.4) is 0 Å². The zero-order valence-electron chi connectivity index (χ0n) is 10.7. The van der Waals surface area contributed by atoms with E-state index in [9.17, 15) is 0 Å². The molecule has 0 saturated carbocycles. The molecule has 3 rings (SSSR count). The molecule has 89 valence electrons. The molecule has 0 aliphatic heterocycles. The van der Waals surface area contributed by atoms with Crippen molar-refractivity contribution in [1.82, 2.24) is 0 Å². The van der Waals surface area contributed by atoms with E-state index in [0.29, 0.717) is 0 Å². The molecule has 0 aliphatic rings. The molecule has 0 atom stereocenters. The van der Waals surface area contributed by atoms with E-state index in [-0.39, 0.29) is 0 Å². The molecule has 0 amide bonds. The van der Waals surface area contributed by atoms with Crippen LogP contribution in [0, 0.1) is 6.07 Å². The molecule has 0 heteroatoms. The fourth-order valence-electron chi connectivity index (χ4n) is 2.45. The summed E-state index contributed by atoms with van der Waals surface area (Å²) in [6.45, 7) is 2.24. The minimum absolute atomic E-state index is 1.18. The molecule has 0 unspecified atom stereocenters. The first-order valence-corrected chi connectivity index (χ1v) is 6.70. The summed E-state index contributed by atoms with van der Waals surface area (Å²) >= 11 is 0. The summed E-state index contributed by atoms with van der Waals surface area (Å²) in [5.41, 5.74) is 1.44. The highest BCUT2D eigenvalue weighted by Crippen LogP contribution is 2.23. The van der Waals surface area contributed by atoms with Crippen LogP contribution in [0.5, 0.6) is 0 Å². The van der Waals surface area contributed by atoms with Gasteiger partial charge in [-0.1, -0.05) is 49.7 Å². The highest BCUT2D eigenvalue weighted by atomic mass is 14.0. The van der Waals surface area contributed by atoms with Crippen LogP contribution in [0.15, 0.2) is 48.5 Å². The Morgan fingerprint density at radius 3 is 2.78 bits per heavy atom. The lowest BCUT2D eigenvalue weighted by molar-refractivity contribution is 0.796. The second-order valence-corrected chi connectivity index (χ2v) is 4.89. The molecule has 0 aliphatic carbocycles. The second kappa shape index (κ2) is 4.81. The first-order chi connectivity index (χ1) is 8.86. The van der Waals surface area contributed by atoms with Crippen LogP contribution >= 0.6 is 0 Å². The minimum atomic E-state index is 1.18. The lowest BCUT2D eigenvalue weighted by Crippen LogP contribution is -1.85. The number of benzene rings is 3. The predicted molar refractivity (Wildman–Crippen MR) is 78.9 cm³/mol. The molecule has 0 fully saturated rings. The van der Waals surface area contributed by atoms with E-state index < -0.39 is 0 Å². The third-order valence-electron chi connectivity index (χ3n) is 3.50. The van der Waals surface area contributed by atoms with E-state index >= 15 is 0 Å². The predicted octanol–water partition coefficient (Wildman–Crippen LogP) is 5.14. The molecular formula is C18H17. The van der Waals surface area contributed by atoms with Gasteiger partial charge in [-0.25, -0.2) is 0 Å². The fraction of sp³-hybridized carbons (Fsp3) is 0.222. The molecule has 0 bridgehead atoms. The Morgan fingerprint density at radius 2 is 1.89 bits per heavy atom. The number of hydrogen-bond donors (Lipinski definition) is 0. The van der Waals surface area contributed by atoms with Crippen molar-refractivity contribution in [1.29, 1.82) is 0 Å². The highest BCUT2D eigenvalue weighted by molar-refractivity contribution is 5.98. The van der Waals surface area contributed by atoms with Crippen molar-refractivity contribution in [3.63, 3.8) is 0 Å². The molecular weight excluding hydrogens is 216 g/mol. The van der Waals surface area contributed by atoms with Crippen molar-refractivity contribution in [2.24, 2.45) is 0 Å². The van der Waals surface area contributed by atoms with Crippen LogP contribution in [-0.4, -0.2) is 0 Å². The standard InChI is InChI=1S/C18H17/c1-2-3-6-14-9-10-17-12-15-7-4-5-8-16(15)13-18(17)11-14/h4-5,7,9-13H,2-3,6H2,1H3. The van der Waals surface area contributed by atoms with Crippen molar-refractivity contribution in [2.45, 2.75) is 26.2 Å². The van der Waals surface area contributed by atoms with E-state index in [0.717, 1.165) is 0 Å². The van der Waals surface area contributed by atoms with Gasteiger partial charge in [0.2, 0.25) is 0 Å². The van der Waals surface area contributed by atoms with Gasteiger partial charge in [-0.2, -0.15) is 0 Å². The molecule has 3 aromatic carbocycles. The molecule has 0 spiro atoms. The van der Waals surface area contributed by atoms with Crippen molar-refractivity contribution in [3.05, 3.63) is 60.2 Å². The van der Waals surface area contributed by atoms with Gasteiger partial charge in [0, 0.05) is 0 Å². The Morgan fingerprint density at radius 1 is 0.944 bits per heavy atom. The average molecular weight is 233 g/mol. The second-order valence-electron chi connectivity index (χ2n) is 4.89. The Kier molecular flexibility index (Phi) is 3.02. The van der Waals surface area contributed by atoms with Gasteiger partial charge in [-0.05, 0) is 58.1 Å². The zero-order chi connectivity index (χ0) is 12.4. The van der Waals surface area contributed by atoms with Crippen molar-refractivity contribution >= 4 is 21.5 Å². The summed E-state index contributed by atoms with van der Waals surface area (Å²) < 4.78 is 0. The highest BCUT2D eigenvalue weighted by Gasteiger charge is 1.99. The van der Waals surface area contributed by atoms with E-state index in [4.69, 9.17) is 0 Å². The first kappa shape index (κ1) is 11.3. The van der Waals surface area contributed by atoms with Crippen molar-refractivity contribution < 1.29 is 0 Å². The Labute approximate surface area is 108 Å². The quantitative estimate of drug-likeness (QED) is 0.550. The molecule has 3 aromatic rings. The van der Waals surface area contributed by atoms with Crippen molar-refractivity contribution in [3.8, 4) is 0 Å². The van der Waals surface area contributed by atoms with Crippen LogP contribution in [0.1, 0.15) is 25.3 Å². The fourth-order valence-corrected chi connectivity index (χ4v) is 2.45. The molecule has 0 heterocycles. The van der Waals surface area contributed by atoms with Gasteiger partial charge in [0.05, 0.1) is 0 Å². The number of unbranched alkanes of at least 4 members (excludes halogenated alkanes) is 1. The zero-order valence-corrected chi connectivity index (χ0v) is 10.7. The summed E-state index contributed by atoms with van der Waals surface area (Å²) in [6.07, 6.45) is 3.71. The summed E-state index contributed by atoms with van der Waals surface area (Å²) in [4.78, 5) is 0. The van der Waals surface area contributed by atoms with Crippen LogP contribution < -0.4 is 0 Å². The Bertz CT molecular complexity index is 680. The minimum Gasteiger partial charge on any atom is -0.0654 e. The number of aryl methyl sites for hydroxylation is 1. The summed E-state index contributed by atoms with van der Waals surface area (Å²) in [5, 5.41) is 5.13. The summed E-state index contributed by atoms with van der Waals surface area (Å²) in [7, 11) is 0. The van der Waals surface area contributed by atoms with Gasteiger partial charge in [-0.15, -0.1) is 0 Å². The van der Waals surface area contributed by atoms with Gasteiger partial charge in [-0.3, -0.25) is 0 Å². The van der Waals surface area contributed by atoms with Gasteiger partial charge in [0.15, 0.2) is 0 Å². The monoisotopic (exact) mass is 233 g/mol. The summed E-state index contributed by atoms with van der Waals surface area (Å²) in [6, 6.07) is 20.8. The molecule has 0 aromatic heterocycles. The molecule has 0 N–H and O–H groups in total. The smallest absolute Gasteiger partial charge is 0.00988 e. The van der Waals surface area contributed by atoms with Crippen molar-refractivity contribution in [2.75, 3.05) is 0 Å². The first-order valence-electron chi connectivity index (χ1n) is 6.70. The van der Waals surface area contributed by atoms with Crippen LogP contribution in [-0.2, 0) is 6.42 Å². The normalized spacial score (nSPS) is 11.2. The largest absolute Gasteiger partial charge is 0.0654 e. The average Bonchev–Trinajstić information content (AvgIpc) is 2.42. The molecule has 1 radical (unpaired) electrons. The van der Waals surface area contributed by atoms with Crippen LogP contribution in [0.2, 0.25) is 0 Å². The number of fused-ring (bicyclic) bond motifs is 2. The third kappa shape index (κ3) is 2.11. The van der Waals surface area contributed by atoms with Crippen LogP contribution in [0.4, 0.5) is 0 Å². The molecule has 0 saturated heterocycles.